The van der Waals surface area contributed by atoms with E-state index in [9.17, 15) is 4.79 Å². The highest BCUT2D eigenvalue weighted by molar-refractivity contribution is 6.17. The molecule has 0 atom stereocenters. The van der Waals surface area contributed by atoms with Crippen molar-refractivity contribution in [2.24, 2.45) is 7.05 Å². The smallest absolute Gasteiger partial charge is 0.273 e. The van der Waals surface area contributed by atoms with E-state index in [1.165, 1.54) is 5.56 Å². The van der Waals surface area contributed by atoms with Crippen LogP contribution in [0.5, 0.6) is 0 Å². The van der Waals surface area contributed by atoms with Gasteiger partial charge in [-0.15, -0.1) is 11.6 Å². The minimum Gasteiger partial charge on any atom is -0.321 e. The van der Waals surface area contributed by atoms with Crippen LogP contribution in [0, 0.1) is 0 Å². The standard InChI is InChI=1S/C16H20ClN3O/c1-3-13-11-15(20(2)19-13)16(21)18-14-8-4-6-12(10-14)7-5-9-17/h4,6,8,10-11H,3,5,7,9H2,1-2H3,(H,18,21). The van der Waals surface area contributed by atoms with Crippen molar-refractivity contribution in [1.82, 2.24) is 9.78 Å². The molecule has 2 aromatic rings. The van der Waals surface area contributed by atoms with Crippen LogP contribution in [0.15, 0.2) is 30.3 Å². The molecule has 21 heavy (non-hydrogen) atoms. The fourth-order valence-corrected chi connectivity index (χ4v) is 2.32. The monoisotopic (exact) mass is 305 g/mol. The lowest BCUT2D eigenvalue weighted by Crippen LogP contribution is -2.16. The van der Waals surface area contributed by atoms with Crippen molar-refractivity contribution in [2.75, 3.05) is 11.2 Å². The topological polar surface area (TPSA) is 46.9 Å². The first-order valence-corrected chi connectivity index (χ1v) is 7.66. The van der Waals surface area contributed by atoms with Gasteiger partial charge in [-0.3, -0.25) is 9.48 Å². The van der Waals surface area contributed by atoms with Gasteiger partial charge in [0.15, 0.2) is 0 Å². The summed E-state index contributed by atoms with van der Waals surface area (Å²) < 4.78 is 1.62. The third kappa shape index (κ3) is 4.08. The highest BCUT2D eigenvalue weighted by Crippen LogP contribution is 2.14. The number of halogens is 1. The average Bonchev–Trinajstić information content (AvgIpc) is 2.87. The quantitative estimate of drug-likeness (QED) is 0.831. The molecule has 112 valence electrons. The van der Waals surface area contributed by atoms with Crippen LogP contribution in [0.4, 0.5) is 5.69 Å². The van der Waals surface area contributed by atoms with Crippen molar-refractivity contribution in [1.29, 1.82) is 0 Å². The molecule has 5 heteroatoms. The number of carbonyl (C=O) groups is 1. The summed E-state index contributed by atoms with van der Waals surface area (Å²) in [4.78, 5) is 12.3. The normalized spacial score (nSPS) is 10.6. The first kappa shape index (κ1) is 15.6. The Morgan fingerprint density at radius 1 is 1.38 bits per heavy atom. The molecule has 4 nitrogen and oxygen atoms in total. The second kappa shape index (κ2) is 7.27. The number of hydrogen-bond acceptors (Lipinski definition) is 2. The Labute approximate surface area is 130 Å². The van der Waals surface area contributed by atoms with E-state index in [1.807, 2.05) is 37.3 Å². The van der Waals surface area contributed by atoms with E-state index in [2.05, 4.69) is 10.4 Å². The van der Waals surface area contributed by atoms with E-state index in [-0.39, 0.29) is 5.91 Å². The van der Waals surface area contributed by atoms with E-state index in [4.69, 9.17) is 11.6 Å². The van der Waals surface area contributed by atoms with Crippen LogP contribution in [-0.4, -0.2) is 21.6 Å². The van der Waals surface area contributed by atoms with Crippen LogP contribution in [0.3, 0.4) is 0 Å². The van der Waals surface area contributed by atoms with Gasteiger partial charge in [-0.2, -0.15) is 5.10 Å². The Hall–Kier alpha value is -1.81. The maximum absolute atomic E-state index is 12.3. The number of benzene rings is 1. The van der Waals surface area contributed by atoms with Gasteiger partial charge in [0.05, 0.1) is 5.69 Å². The minimum absolute atomic E-state index is 0.140. The van der Waals surface area contributed by atoms with Crippen molar-refractivity contribution in [3.8, 4) is 0 Å². The number of nitrogens with one attached hydrogen (secondary N) is 1. The van der Waals surface area contributed by atoms with Crippen LogP contribution in [-0.2, 0) is 19.9 Å². The van der Waals surface area contributed by atoms with Crippen molar-refractivity contribution >= 4 is 23.2 Å². The lowest BCUT2D eigenvalue weighted by molar-refractivity contribution is 0.101. The summed E-state index contributed by atoms with van der Waals surface area (Å²) in [5.74, 6) is 0.505. The van der Waals surface area contributed by atoms with E-state index in [0.29, 0.717) is 11.6 Å². The van der Waals surface area contributed by atoms with Crippen LogP contribution >= 0.6 is 11.6 Å². The molecule has 1 N–H and O–H groups in total. The Bertz CT molecular complexity index is 622. The molecule has 0 bridgehead atoms. The van der Waals surface area contributed by atoms with E-state index >= 15 is 0 Å². The number of carbonyl (C=O) groups excluding carboxylic acids is 1. The fourth-order valence-electron chi connectivity index (χ4n) is 2.18. The molecule has 0 aliphatic heterocycles. The maximum Gasteiger partial charge on any atom is 0.273 e. The number of hydrogen-bond donors (Lipinski definition) is 1. The molecule has 2 rings (SSSR count). The Morgan fingerprint density at radius 2 is 2.19 bits per heavy atom. The molecule has 0 saturated heterocycles. The molecule has 1 aromatic carbocycles. The molecular weight excluding hydrogens is 286 g/mol. The summed E-state index contributed by atoms with van der Waals surface area (Å²) in [5, 5.41) is 7.21. The second-order valence-electron chi connectivity index (χ2n) is 4.95. The molecule has 1 amide bonds. The number of alkyl halides is 1. The predicted molar refractivity (Wildman–Crippen MR) is 86.0 cm³/mol. The molecule has 0 aliphatic carbocycles. The number of aromatic nitrogens is 2. The summed E-state index contributed by atoms with van der Waals surface area (Å²) in [6.45, 7) is 2.02. The zero-order valence-corrected chi connectivity index (χ0v) is 13.2. The third-order valence-corrected chi connectivity index (χ3v) is 3.58. The molecular formula is C16H20ClN3O. The number of aryl methyl sites for hydroxylation is 3. The zero-order chi connectivity index (χ0) is 15.2. The number of amides is 1. The van der Waals surface area contributed by atoms with E-state index < -0.39 is 0 Å². The fraction of sp³-hybridized carbons (Fsp3) is 0.375. The first-order valence-electron chi connectivity index (χ1n) is 7.13. The predicted octanol–water partition coefficient (Wildman–Crippen LogP) is 3.41. The molecule has 0 saturated carbocycles. The van der Waals surface area contributed by atoms with Crippen LogP contribution < -0.4 is 5.32 Å². The van der Waals surface area contributed by atoms with Crippen molar-refractivity contribution in [2.45, 2.75) is 26.2 Å². The lowest BCUT2D eigenvalue weighted by Gasteiger charge is -2.07. The highest BCUT2D eigenvalue weighted by Gasteiger charge is 2.12. The summed E-state index contributed by atoms with van der Waals surface area (Å²) in [7, 11) is 1.78. The Balaban J connectivity index is 2.10. The largest absolute Gasteiger partial charge is 0.321 e. The van der Waals surface area contributed by atoms with Gasteiger partial charge in [0.2, 0.25) is 0 Å². The lowest BCUT2D eigenvalue weighted by atomic mass is 10.1. The first-order chi connectivity index (χ1) is 10.1. The van der Waals surface area contributed by atoms with Gasteiger partial charge in [0, 0.05) is 18.6 Å². The zero-order valence-electron chi connectivity index (χ0n) is 12.4. The molecule has 1 aromatic heterocycles. The highest BCUT2D eigenvalue weighted by atomic mass is 35.5. The number of nitrogens with zero attached hydrogens (tertiary/aromatic N) is 2. The summed E-state index contributed by atoms with van der Waals surface area (Å²) in [6, 6.07) is 9.69. The molecule has 0 unspecified atom stereocenters. The summed E-state index contributed by atoms with van der Waals surface area (Å²) >= 11 is 5.71. The molecule has 0 aliphatic rings. The van der Waals surface area contributed by atoms with E-state index in [1.54, 1.807) is 11.7 Å². The van der Waals surface area contributed by atoms with Crippen LogP contribution in [0.2, 0.25) is 0 Å². The van der Waals surface area contributed by atoms with Gasteiger partial charge in [-0.25, -0.2) is 0 Å². The van der Waals surface area contributed by atoms with Crippen molar-refractivity contribution in [3.05, 3.63) is 47.3 Å². The Morgan fingerprint density at radius 3 is 2.86 bits per heavy atom. The molecule has 1 heterocycles. The van der Waals surface area contributed by atoms with Gasteiger partial charge in [0.25, 0.3) is 5.91 Å². The SMILES string of the molecule is CCc1cc(C(=O)Nc2cccc(CCCCl)c2)n(C)n1. The number of rotatable bonds is 6. The van der Waals surface area contributed by atoms with Crippen molar-refractivity contribution in [3.63, 3.8) is 0 Å². The van der Waals surface area contributed by atoms with Crippen molar-refractivity contribution < 1.29 is 4.79 Å². The molecule has 0 radical (unpaired) electrons. The third-order valence-electron chi connectivity index (χ3n) is 3.31. The molecule has 0 fully saturated rings. The van der Waals surface area contributed by atoms with Gasteiger partial charge in [-0.1, -0.05) is 19.1 Å². The van der Waals surface area contributed by atoms with E-state index in [0.717, 1.165) is 30.6 Å². The van der Waals surface area contributed by atoms with Gasteiger partial charge < -0.3 is 5.32 Å². The second-order valence-corrected chi connectivity index (χ2v) is 5.32. The summed E-state index contributed by atoms with van der Waals surface area (Å²) in [6.07, 6.45) is 2.66. The molecule has 0 spiro atoms. The Kier molecular flexibility index (Phi) is 5.39. The van der Waals surface area contributed by atoms with Gasteiger partial charge in [0.1, 0.15) is 5.69 Å². The maximum atomic E-state index is 12.3. The van der Waals surface area contributed by atoms with Gasteiger partial charge in [-0.05, 0) is 43.0 Å². The number of anilines is 1. The van der Waals surface area contributed by atoms with Gasteiger partial charge >= 0.3 is 0 Å². The summed E-state index contributed by atoms with van der Waals surface area (Å²) in [5.41, 5.74) is 3.45. The van der Waals surface area contributed by atoms with Crippen LogP contribution in [0.25, 0.3) is 0 Å². The minimum atomic E-state index is -0.140. The van der Waals surface area contributed by atoms with Crippen LogP contribution in [0.1, 0.15) is 35.1 Å². The average molecular weight is 306 g/mol.